The molecular weight excluding hydrogens is 176 g/mol. The molecule has 1 aliphatic rings. The van der Waals surface area contributed by atoms with Crippen molar-refractivity contribution < 1.29 is 9.47 Å². The second-order valence-electron chi connectivity index (χ2n) is 5.61. The van der Waals surface area contributed by atoms with Gasteiger partial charge in [-0.05, 0) is 19.8 Å². The summed E-state index contributed by atoms with van der Waals surface area (Å²) in [5, 5.41) is 0. The SMILES string of the molecule is CC(C)C1CC(C)(C)OC(C(C)C)O1. The van der Waals surface area contributed by atoms with Crippen LogP contribution in [0, 0.1) is 11.8 Å². The van der Waals surface area contributed by atoms with E-state index in [4.69, 9.17) is 9.47 Å². The molecule has 0 bridgehead atoms. The third-order valence-electron chi connectivity index (χ3n) is 2.72. The lowest BCUT2D eigenvalue weighted by Crippen LogP contribution is -2.47. The molecule has 0 aliphatic carbocycles. The lowest BCUT2D eigenvalue weighted by molar-refractivity contribution is -0.293. The topological polar surface area (TPSA) is 18.5 Å². The molecule has 1 aliphatic heterocycles. The molecule has 0 radical (unpaired) electrons. The van der Waals surface area contributed by atoms with Crippen LogP contribution in [-0.2, 0) is 9.47 Å². The normalized spacial score (nSPS) is 32.6. The standard InChI is InChI=1S/C12H24O2/c1-8(2)10-7-12(5,6)14-11(13-10)9(3)4/h8-11H,7H2,1-6H3. The molecule has 0 N–H and O–H groups in total. The van der Waals surface area contributed by atoms with E-state index in [9.17, 15) is 0 Å². The molecular formula is C12H24O2. The van der Waals surface area contributed by atoms with E-state index in [1.165, 1.54) is 0 Å². The molecule has 2 heteroatoms. The van der Waals surface area contributed by atoms with Crippen molar-refractivity contribution in [3.63, 3.8) is 0 Å². The maximum absolute atomic E-state index is 5.92. The van der Waals surface area contributed by atoms with E-state index in [2.05, 4.69) is 41.5 Å². The molecule has 2 unspecified atom stereocenters. The van der Waals surface area contributed by atoms with Gasteiger partial charge in [0.1, 0.15) is 0 Å². The van der Waals surface area contributed by atoms with Gasteiger partial charge in [-0.2, -0.15) is 0 Å². The second-order valence-corrected chi connectivity index (χ2v) is 5.61. The zero-order chi connectivity index (χ0) is 10.9. The third-order valence-corrected chi connectivity index (χ3v) is 2.72. The first kappa shape index (κ1) is 12.0. The first-order valence-corrected chi connectivity index (χ1v) is 5.65. The van der Waals surface area contributed by atoms with Crippen molar-refractivity contribution >= 4 is 0 Å². The van der Waals surface area contributed by atoms with Gasteiger partial charge in [-0.25, -0.2) is 0 Å². The van der Waals surface area contributed by atoms with Gasteiger partial charge in [-0.3, -0.25) is 0 Å². The average Bonchev–Trinajstić information content (AvgIpc) is 2.01. The van der Waals surface area contributed by atoms with Gasteiger partial charge in [0.15, 0.2) is 6.29 Å². The van der Waals surface area contributed by atoms with Crippen LogP contribution in [0.4, 0.5) is 0 Å². The van der Waals surface area contributed by atoms with Crippen LogP contribution >= 0.6 is 0 Å². The van der Waals surface area contributed by atoms with Crippen LogP contribution in [0.5, 0.6) is 0 Å². The zero-order valence-corrected chi connectivity index (χ0v) is 10.3. The zero-order valence-electron chi connectivity index (χ0n) is 10.3. The maximum atomic E-state index is 5.92. The minimum Gasteiger partial charge on any atom is -0.349 e. The molecule has 84 valence electrons. The largest absolute Gasteiger partial charge is 0.349 e. The van der Waals surface area contributed by atoms with Gasteiger partial charge in [0.2, 0.25) is 0 Å². The van der Waals surface area contributed by atoms with Crippen molar-refractivity contribution in [1.29, 1.82) is 0 Å². The lowest BCUT2D eigenvalue weighted by Gasteiger charge is -2.43. The van der Waals surface area contributed by atoms with Gasteiger partial charge in [-0.1, -0.05) is 27.7 Å². The molecule has 1 fully saturated rings. The summed E-state index contributed by atoms with van der Waals surface area (Å²) in [5.41, 5.74) is -0.0396. The molecule has 0 saturated carbocycles. The summed E-state index contributed by atoms with van der Waals surface area (Å²) in [6, 6.07) is 0. The van der Waals surface area contributed by atoms with E-state index in [1.54, 1.807) is 0 Å². The Morgan fingerprint density at radius 1 is 1.07 bits per heavy atom. The Balaban J connectivity index is 2.67. The molecule has 1 heterocycles. The van der Waals surface area contributed by atoms with Crippen LogP contribution in [0.2, 0.25) is 0 Å². The Bertz CT molecular complexity index is 167. The smallest absolute Gasteiger partial charge is 0.160 e. The molecule has 0 amide bonds. The van der Waals surface area contributed by atoms with Crippen LogP contribution in [0.3, 0.4) is 0 Å². The van der Waals surface area contributed by atoms with Crippen LogP contribution in [0.25, 0.3) is 0 Å². The quantitative estimate of drug-likeness (QED) is 0.681. The van der Waals surface area contributed by atoms with Crippen LogP contribution in [-0.4, -0.2) is 18.0 Å². The summed E-state index contributed by atoms with van der Waals surface area (Å²) in [4.78, 5) is 0. The third kappa shape index (κ3) is 2.96. The highest BCUT2D eigenvalue weighted by Crippen LogP contribution is 2.33. The van der Waals surface area contributed by atoms with E-state index in [0.29, 0.717) is 17.9 Å². The van der Waals surface area contributed by atoms with Crippen LogP contribution in [0.1, 0.15) is 48.0 Å². The Morgan fingerprint density at radius 2 is 1.64 bits per heavy atom. The Morgan fingerprint density at radius 3 is 2.07 bits per heavy atom. The predicted octanol–water partition coefficient (Wildman–Crippen LogP) is 3.21. The van der Waals surface area contributed by atoms with Gasteiger partial charge >= 0.3 is 0 Å². The minimum absolute atomic E-state index is 0.0360. The summed E-state index contributed by atoms with van der Waals surface area (Å²) in [7, 11) is 0. The predicted molar refractivity (Wildman–Crippen MR) is 58.1 cm³/mol. The van der Waals surface area contributed by atoms with Gasteiger partial charge in [0, 0.05) is 12.3 Å². The molecule has 0 aromatic rings. The molecule has 0 aromatic carbocycles. The second kappa shape index (κ2) is 4.19. The summed E-state index contributed by atoms with van der Waals surface area (Å²) in [6.07, 6.45) is 1.30. The van der Waals surface area contributed by atoms with Crippen molar-refractivity contribution in [2.45, 2.75) is 66.0 Å². The Labute approximate surface area is 88.0 Å². The fourth-order valence-electron chi connectivity index (χ4n) is 1.78. The maximum Gasteiger partial charge on any atom is 0.160 e. The van der Waals surface area contributed by atoms with Gasteiger partial charge in [0.25, 0.3) is 0 Å². The summed E-state index contributed by atoms with van der Waals surface area (Å²) in [6.45, 7) is 13.0. The number of rotatable bonds is 2. The Kier molecular flexibility index (Phi) is 3.59. The monoisotopic (exact) mass is 200 g/mol. The molecule has 1 saturated heterocycles. The summed E-state index contributed by atoms with van der Waals surface area (Å²) >= 11 is 0. The lowest BCUT2D eigenvalue weighted by atomic mass is 9.92. The Hall–Kier alpha value is -0.0800. The molecule has 14 heavy (non-hydrogen) atoms. The fraction of sp³-hybridized carbons (Fsp3) is 1.00. The van der Waals surface area contributed by atoms with Crippen molar-refractivity contribution in [3.8, 4) is 0 Å². The number of hydrogen-bond donors (Lipinski definition) is 0. The minimum atomic E-state index is -0.0396. The first-order chi connectivity index (χ1) is 6.32. The molecule has 0 spiro atoms. The number of ether oxygens (including phenoxy) is 2. The van der Waals surface area contributed by atoms with Gasteiger partial charge in [-0.15, -0.1) is 0 Å². The average molecular weight is 200 g/mol. The highest BCUT2D eigenvalue weighted by Gasteiger charge is 2.37. The molecule has 2 atom stereocenters. The van der Waals surface area contributed by atoms with Crippen LogP contribution < -0.4 is 0 Å². The first-order valence-electron chi connectivity index (χ1n) is 5.65. The van der Waals surface area contributed by atoms with E-state index in [0.717, 1.165) is 6.42 Å². The van der Waals surface area contributed by atoms with Crippen molar-refractivity contribution in [2.24, 2.45) is 11.8 Å². The fourth-order valence-corrected chi connectivity index (χ4v) is 1.78. The van der Waals surface area contributed by atoms with E-state index < -0.39 is 0 Å². The van der Waals surface area contributed by atoms with E-state index in [-0.39, 0.29) is 11.9 Å². The summed E-state index contributed by atoms with van der Waals surface area (Å²) < 4.78 is 11.8. The van der Waals surface area contributed by atoms with E-state index in [1.807, 2.05) is 0 Å². The van der Waals surface area contributed by atoms with Gasteiger partial charge in [0.05, 0.1) is 11.7 Å². The number of hydrogen-bond acceptors (Lipinski definition) is 2. The molecule has 0 aromatic heterocycles. The highest BCUT2D eigenvalue weighted by atomic mass is 16.7. The van der Waals surface area contributed by atoms with Crippen molar-refractivity contribution in [2.75, 3.05) is 0 Å². The summed E-state index contributed by atoms with van der Waals surface area (Å²) in [5.74, 6) is 0.996. The van der Waals surface area contributed by atoms with Crippen LogP contribution in [0.15, 0.2) is 0 Å². The van der Waals surface area contributed by atoms with Gasteiger partial charge < -0.3 is 9.47 Å². The molecule has 1 rings (SSSR count). The van der Waals surface area contributed by atoms with E-state index >= 15 is 0 Å². The van der Waals surface area contributed by atoms with Crippen molar-refractivity contribution in [1.82, 2.24) is 0 Å². The molecule has 2 nitrogen and oxygen atoms in total. The van der Waals surface area contributed by atoms with Crippen molar-refractivity contribution in [3.05, 3.63) is 0 Å². The highest BCUT2D eigenvalue weighted by molar-refractivity contribution is 4.82.